The number of alkyl halides is 2. The number of halogens is 2. The van der Waals surface area contributed by atoms with Crippen LogP contribution < -0.4 is 5.56 Å². The number of aromatic nitrogens is 5. The van der Waals surface area contributed by atoms with Crippen LogP contribution in [0.15, 0.2) is 53.3 Å². The third-order valence-electron chi connectivity index (χ3n) is 4.38. The first-order valence-corrected chi connectivity index (χ1v) is 8.77. The number of imidazole rings is 1. The first-order chi connectivity index (χ1) is 14.0. The summed E-state index contributed by atoms with van der Waals surface area (Å²) in [6.07, 6.45) is -0.165. The molecule has 0 N–H and O–H groups in total. The molecule has 0 aliphatic rings. The van der Waals surface area contributed by atoms with Crippen molar-refractivity contribution >= 4 is 27.9 Å². The fourth-order valence-electron chi connectivity index (χ4n) is 3.00. The zero-order valence-corrected chi connectivity index (χ0v) is 15.0. The third kappa shape index (κ3) is 3.68. The van der Waals surface area contributed by atoms with Gasteiger partial charge in [0.05, 0.1) is 29.4 Å². The van der Waals surface area contributed by atoms with Gasteiger partial charge in [-0.3, -0.25) is 14.2 Å². The van der Waals surface area contributed by atoms with Crippen molar-refractivity contribution in [3.05, 3.63) is 64.7 Å². The van der Waals surface area contributed by atoms with E-state index in [9.17, 15) is 18.4 Å². The van der Waals surface area contributed by atoms with Gasteiger partial charge in [-0.05, 0) is 24.3 Å². The average Bonchev–Trinajstić information content (AvgIpc) is 3.10. The molecule has 10 heteroatoms. The molecule has 4 aromatic rings. The van der Waals surface area contributed by atoms with Crippen LogP contribution in [0.5, 0.6) is 0 Å². The molecule has 0 unspecified atom stereocenters. The van der Waals surface area contributed by atoms with Crippen LogP contribution in [-0.4, -0.2) is 30.5 Å². The largest absolute Gasteiger partial charge is 0.457 e. The molecule has 0 amide bonds. The minimum absolute atomic E-state index is 0.0409. The number of ether oxygens (including phenoxy) is 1. The Morgan fingerprint density at radius 3 is 2.59 bits per heavy atom. The molecule has 4 rings (SSSR count). The molecule has 0 radical (unpaired) electrons. The van der Waals surface area contributed by atoms with Crippen LogP contribution >= 0.6 is 0 Å². The van der Waals surface area contributed by atoms with E-state index in [-0.39, 0.29) is 29.9 Å². The van der Waals surface area contributed by atoms with E-state index in [0.29, 0.717) is 16.4 Å². The Balaban J connectivity index is 1.44. The zero-order chi connectivity index (χ0) is 20.4. The molecular weight excluding hydrogens is 384 g/mol. The van der Waals surface area contributed by atoms with Crippen molar-refractivity contribution in [2.45, 2.75) is 26.1 Å². The van der Waals surface area contributed by atoms with E-state index >= 15 is 0 Å². The van der Waals surface area contributed by atoms with Crippen molar-refractivity contribution in [3.63, 3.8) is 0 Å². The quantitative estimate of drug-likeness (QED) is 0.463. The molecule has 8 nitrogen and oxygen atoms in total. The van der Waals surface area contributed by atoms with Gasteiger partial charge in [0.2, 0.25) is 0 Å². The molecule has 0 spiro atoms. The minimum atomic E-state index is -2.82. The Hall–Kier alpha value is -3.69. The molecule has 0 atom stereocenters. The molecule has 0 saturated heterocycles. The van der Waals surface area contributed by atoms with Crippen molar-refractivity contribution in [3.8, 4) is 0 Å². The Bertz CT molecular complexity index is 1250. The van der Waals surface area contributed by atoms with Crippen LogP contribution in [0.4, 0.5) is 8.78 Å². The number of carbonyl (C=O) groups excluding carboxylic acids is 1. The lowest BCUT2D eigenvalue weighted by Gasteiger charge is -2.09. The highest BCUT2D eigenvalue weighted by Gasteiger charge is 2.18. The normalized spacial score (nSPS) is 11.4. The van der Waals surface area contributed by atoms with Crippen molar-refractivity contribution in [2.75, 3.05) is 0 Å². The van der Waals surface area contributed by atoms with Gasteiger partial charge in [-0.15, -0.1) is 5.10 Å². The van der Waals surface area contributed by atoms with E-state index in [4.69, 9.17) is 4.74 Å². The fourth-order valence-corrected chi connectivity index (χ4v) is 3.00. The summed E-state index contributed by atoms with van der Waals surface area (Å²) in [5, 5.41) is 8.12. The lowest BCUT2D eigenvalue weighted by molar-refractivity contribution is -0.145. The van der Waals surface area contributed by atoms with Gasteiger partial charge in [-0.1, -0.05) is 29.5 Å². The maximum atomic E-state index is 13.4. The predicted octanol–water partition coefficient (Wildman–Crippen LogP) is 2.67. The second kappa shape index (κ2) is 7.74. The number of esters is 1. The van der Waals surface area contributed by atoms with Crippen LogP contribution in [0.25, 0.3) is 21.9 Å². The van der Waals surface area contributed by atoms with Crippen LogP contribution in [0, 0.1) is 0 Å². The molecule has 0 bridgehead atoms. The molecule has 0 aliphatic carbocycles. The molecule has 0 aliphatic heterocycles. The highest BCUT2D eigenvalue weighted by Crippen LogP contribution is 2.23. The Labute approximate surface area is 162 Å². The summed E-state index contributed by atoms with van der Waals surface area (Å²) in [4.78, 5) is 28.5. The molecule has 2 aromatic carbocycles. The maximum absolute atomic E-state index is 13.4. The molecule has 148 valence electrons. The molecule has 0 fully saturated rings. The van der Waals surface area contributed by atoms with Crippen molar-refractivity contribution in [2.24, 2.45) is 0 Å². The number of benzene rings is 2. The number of carbonyl (C=O) groups is 1. The second-order valence-corrected chi connectivity index (χ2v) is 6.21. The molecule has 0 saturated carbocycles. The number of hydrogen-bond donors (Lipinski definition) is 0. The number of fused-ring (bicyclic) bond motifs is 2. The monoisotopic (exact) mass is 399 g/mol. The van der Waals surface area contributed by atoms with E-state index in [2.05, 4.69) is 15.3 Å². The van der Waals surface area contributed by atoms with Crippen molar-refractivity contribution in [1.29, 1.82) is 0 Å². The first kappa shape index (κ1) is 18.7. The van der Waals surface area contributed by atoms with E-state index in [0.717, 1.165) is 9.25 Å². The van der Waals surface area contributed by atoms with Gasteiger partial charge in [-0.25, -0.2) is 9.67 Å². The maximum Gasteiger partial charge on any atom is 0.320 e. The van der Waals surface area contributed by atoms with Crippen LogP contribution in [0.1, 0.15) is 18.8 Å². The lowest BCUT2D eigenvalue weighted by Crippen LogP contribution is -2.25. The molecule has 29 heavy (non-hydrogen) atoms. The van der Waals surface area contributed by atoms with Gasteiger partial charge >= 0.3 is 12.5 Å². The number of hydrogen-bond acceptors (Lipinski definition) is 6. The molecule has 2 aromatic heterocycles. The number of aryl methyl sites for hydroxylation is 1. The van der Waals surface area contributed by atoms with Crippen LogP contribution in [0.2, 0.25) is 0 Å². The minimum Gasteiger partial charge on any atom is -0.457 e. The summed E-state index contributed by atoms with van der Waals surface area (Å²) in [6.45, 7) is -3.26. The second-order valence-electron chi connectivity index (χ2n) is 6.21. The van der Waals surface area contributed by atoms with Gasteiger partial charge < -0.3 is 4.74 Å². The summed E-state index contributed by atoms with van der Waals surface area (Å²) >= 11 is 0. The molecular formula is C19H15F2N5O3. The van der Waals surface area contributed by atoms with Crippen molar-refractivity contribution in [1.82, 2.24) is 24.5 Å². The summed E-state index contributed by atoms with van der Waals surface area (Å²) in [5.74, 6) is -0.725. The highest BCUT2D eigenvalue weighted by molar-refractivity contribution is 5.77. The summed E-state index contributed by atoms with van der Waals surface area (Å²) in [7, 11) is 0. The number of para-hydroxylation sites is 2. The van der Waals surface area contributed by atoms with Crippen molar-refractivity contribution < 1.29 is 18.3 Å². The van der Waals surface area contributed by atoms with Crippen LogP contribution in [-0.2, 0) is 22.7 Å². The first-order valence-electron chi connectivity index (χ1n) is 8.77. The lowest BCUT2D eigenvalue weighted by atomic mass is 10.2. The Morgan fingerprint density at radius 2 is 1.79 bits per heavy atom. The summed E-state index contributed by atoms with van der Waals surface area (Å²) < 4.78 is 33.6. The van der Waals surface area contributed by atoms with Gasteiger partial charge in [0, 0.05) is 0 Å². The Morgan fingerprint density at radius 1 is 1.07 bits per heavy atom. The predicted molar refractivity (Wildman–Crippen MR) is 99.2 cm³/mol. The van der Waals surface area contributed by atoms with Crippen LogP contribution in [0.3, 0.4) is 0 Å². The summed E-state index contributed by atoms with van der Waals surface area (Å²) in [5.41, 5.74) is 0.730. The topological polar surface area (TPSA) is 91.9 Å². The third-order valence-corrected chi connectivity index (χ3v) is 4.38. The number of nitrogens with zero attached hydrogens (tertiary/aromatic N) is 5. The van der Waals surface area contributed by atoms with Gasteiger partial charge in [0.1, 0.15) is 12.1 Å². The molecule has 2 heterocycles. The standard InChI is InChI=1S/C19H15F2N5O3/c20-19(21)26-15-8-4-3-7-14(15)22-16(26)11-29-17(27)9-10-25-18(28)12-5-1-2-6-13(12)23-24-25/h1-8,19H,9-11H2. The van der Waals surface area contributed by atoms with E-state index < -0.39 is 19.1 Å². The van der Waals surface area contributed by atoms with Gasteiger partial charge in [-0.2, -0.15) is 8.78 Å². The number of rotatable bonds is 6. The highest BCUT2D eigenvalue weighted by atomic mass is 19.3. The average molecular weight is 399 g/mol. The van der Waals surface area contributed by atoms with E-state index in [1.165, 1.54) is 6.07 Å². The van der Waals surface area contributed by atoms with Gasteiger partial charge in [0.25, 0.3) is 5.56 Å². The van der Waals surface area contributed by atoms with E-state index in [1.54, 1.807) is 42.5 Å². The Kier molecular flexibility index (Phi) is 4.98. The van der Waals surface area contributed by atoms with E-state index in [1.807, 2.05) is 0 Å². The zero-order valence-electron chi connectivity index (χ0n) is 15.0. The summed E-state index contributed by atoms with van der Waals surface area (Å²) in [6, 6.07) is 13.2. The van der Waals surface area contributed by atoms with Gasteiger partial charge in [0.15, 0.2) is 5.82 Å². The SMILES string of the molecule is O=C(CCn1nnc2ccccc2c1=O)OCc1nc2ccccc2n1C(F)F. The smallest absolute Gasteiger partial charge is 0.320 e. The fraction of sp³-hybridized carbons (Fsp3) is 0.211.